The summed E-state index contributed by atoms with van der Waals surface area (Å²) in [7, 11) is -3.43. The minimum atomic E-state index is -3.43. The van der Waals surface area contributed by atoms with Crippen molar-refractivity contribution in [2.24, 2.45) is 0 Å². The highest BCUT2D eigenvalue weighted by molar-refractivity contribution is 7.86. The molecule has 0 aliphatic rings. The van der Waals surface area contributed by atoms with Gasteiger partial charge in [-0.05, 0) is 42.2 Å². The maximum absolute atomic E-state index is 13.8. The molecule has 0 unspecified atom stereocenters. The minimum Gasteiger partial charge on any atom is -0.214 e. The fourth-order valence-corrected chi connectivity index (χ4v) is 5.66. The van der Waals surface area contributed by atoms with E-state index in [1.807, 2.05) is 36.4 Å². The number of hydrogen-bond acceptors (Lipinski definition) is 2. The Morgan fingerprint density at radius 1 is 0.731 bits per heavy atom. The van der Waals surface area contributed by atoms with E-state index < -0.39 is 10.0 Å². The molecule has 0 aromatic heterocycles. The number of unbranched alkanes of at least 4 members (excludes halogenated alkanes) is 3. The van der Waals surface area contributed by atoms with Gasteiger partial charge in [0.25, 0.3) is 0 Å². The van der Waals surface area contributed by atoms with Crippen molar-refractivity contribution in [2.45, 2.75) is 64.2 Å². The summed E-state index contributed by atoms with van der Waals surface area (Å²) in [5.74, 6) is 0. The van der Waals surface area contributed by atoms with Crippen molar-refractivity contribution in [1.29, 1.82) is 0 Å². The Bertz CT molecular complexity index is 777. The Morgan fingerprint density at radius 2 is 1.23 bits per heavy atom. The van der Waals surface area contributed by atoms with E-state index in [9.17, 15) is 8.42 Å². The molecule has 2 rings (SSSR count). The van der Waals surface area contributed by atoms with Gasteiger partial charge >= 0.3 is 10.0 Å². The van der Waals surface area contributed by atoms with Gasteiger partial charge in [0.1, 0.15) is 4.90 Å². The molecule has 0 aliphatic heterocycles. The molecule has 26 heavy (non-hydrogen) atoms. The second-order valence-electron chi connectivity index (χ2n) is 7.27. The molecule has 0 bridgehead atoms. The lowest BCUT2D eigenvalue weighted by Gasteiger charge is -2.37. The number of quaternary nitrogens is 1. The van der Waals surface area contributed by atoms with Crippen LogP contribution in [0.1, 0.15) is 59.3 Å². The molecule has 0 aliphatic carbocycles. The van der Waals surface area contributed by atoms with Crippen LogP contribution in [-0.2, 0) is 10.0 Å². The van der Waals surface area contributed by atoms with E-state index in [2.05, 4.69) is 20.8 Å². The van der Waals surface area contributed by atoms with Crippen molar-refractivity contribution < 1.29 is 12.3 Å². The van der Waals surface area contributed by atoms with Gasteiger partial charge in [-0.15, -0.1) is 0 Å². The van der Waals surface area contributed by atoms with Crippen molar-refractivity contribution in [3.05, 3.63) is 42.5 Å². The van der Waals surface area contributed by atoms with Gasteiger partial charge in [0.2, 0.25) is 0 Å². The molecule has 2 aromatic carbocycles. The highest BCUT2D eigenvalue weighted by Gasteiger charge is 2.41. The van der Waals surface area contributed by atoms with E-state index in [-0.39, 0.29) is 3.89 Å². The summed E-state index contributed by atoms with van der Waals surface area (Å²) in [5, 5.41) is 2.08. The van der Waals surface area contributed by atoms with Crippen LogP contribution in [0.25, 0.3) is 10.8 Å². The van der Waals surface area contributed by atoms with E-state index in [1.54, 1.807) is 6.07 Å². The molecule has 4 heteroatoms. The van der Waals surface area contributed by atoms with Crippen LogP contribution in [0.3, 0.4) is 0 Å². The first kappa shape index (κ1) is 20.9. The van der Waals surface area contributed by atoms with Gasteiger partial charge in [-0.1, -0.05) is 70.4 Å². The maximum atomic E-state index is 13.8. The van der Waals surface area contributed by atoms with Gasteiger partial charge in [0.05, 0.1) is 19.6 Å². The molecule has 144 valence electrons. The third kappa shape index (κ3) is 4.47. The lowest BCUT2D eigenvalue weighted by atomic mass is 10.1. The number of benzene rings is 2. The summed E-state index contributed by atoms with van der Waals surface area (Å²) in [6.07, 6.45) is 5.89. The van der Waals surface area contributed by atoms with Crippen molar-refractivity contribution in [3.8, 4) is 0 Å². The second kappa shape index (κ2) is 9.52. The molecule has 2 aromatic rings. The SMILES string of the molecule is CCCC[N+](CCCC)(CCCC)S(=O)(=O)c1ccc2ccccc2c1. The van der Waals surface area contributed by atoms with Crippen LogP contribution < -0.4 is 0 Å². The number of rotatable bonds is 11. The van der Waals surface area contributed by atoms with Gasteiger partial charge in [0.15, 0.2) is 0 Å². The van der Waals surface area contributed by atoms with Crippen LogP contribution in [0.2, 0.25) is 0 Å². The van der Waals surface area contributed by atoms with Crippen LogP contribution in [-0.4, -0.2) is 31.9 Å². The lowest BCUT2D eigenvalue weighted by Crippen LogP contribution is -2.54. The van der Waals surface area contributed by atoms with Crippen LogP contribution in [0.5, 0.6) is 0 Å². The summed E-state index contributed by atoms with van der Waals surface area (Å²) in [4.78, 5) is 0.472. The first-order chi connectivity index (χ1) is 12.5. The zero-order chi connectivity index (χ0) is 19.0. The Hall–Kier alpha value is -1.39. The molecule has 0 amide bonds. The Labute approximate surface area is 159 Å². The number of fused-ring (bicyclic) bond motifs is 1. The van der Waals surface area contributed by atoms with Gasteiger partial charge < -0.3 is 0 Å². The summed E-state index contributed by atoms with van der Waals surface area (Å²) < 4.78 is 27.8. The molecule has 0 fully saturated rings. The molecule has 0 spiro atoms. The summed E-state index contributed by atoms with van der Waals surface area (Å²) in [5.41, 5.74) is 0. The van der Waals surface area contributed by atoms with Crippen LogP contribution in [0.15, 0.2) is 47.4 Å². The number of sulfonamides is 1. The topological polar surface area (TPSA) is 34.1 Å². The van der Waals surface area contributed by atoms with Crippen molar-refractivity contribution in [3.63, 3.8) is 0 Å². The highest BCUT2D eigenvalue weighted by Crippen LogP contribution is 2.29. The zero-order valence-electron chi connectivity index (χ0n) is 16.6. The quantitative estimate of drug-likeness (QED) is 0.468. The van der Waals surface area contributed by atoms with E-state index in [1.165, 1.54) is 0 Å². The molecule has 3 nitrogen and oxygen atoms in total. The molecule has 0 N–H and O–H groups in total. The zero-order valence-corrected chi connectivity index (χ0v) is 17.4. The largest absolute Gasteiger partial charge is 0.327 e. The van der Waals surface area contributed by atoms with Gasteiger partial charge in [-0.25, -0.2) is 3.89 Å². The third-order valence-corrected chi connectivity index (χ3v) is 7.70. The van der Waals surface area contributed by atoms with Gasteiger partial charge in [0, 0.05) is 0 Å². The van der Waals surface area contributed by atoms with Crippen LogP contribution >= 0.6 is 0 Å². The predicted molar refractivity (Wildman–Crippen MR) is 111 cm³/mol. The summed E-state index contributed by atoms with van der Waals surface area (Å²) >= 11 is 0. The third-order valence-electron chi connectivity index (χ3n) is 5.29. The van der Waals surface area contributed by atoms with Gasteiger partial charge in [-0.2, -0.15) is 8.42 Å². The fourth-order valence-electron chi connectivity index (χ4n) is 3.59. The minimum absolute atomic E-state index is 0.209. The van der Waals surface area contributed by atoms with Crippen molar-refractivity contribution in [2.75, 3.05) is 19.6 Å². The Balaban J connectivity index is 2.52. The number of hydrogen-bond donors (Lipinski definition) is 0. The monoisotopic (exact) mass is 376 g/mol. The molecular weight excluding hydrogens is 342 g/mol. The van der Waals surface area contributed by atoms with E-state index in [0.29, 0.717) is 24.5 Å². The van der Waals surface area contributed by atoms with Crippen molar-refractivity contribution in [1.82, 2.24) is 0 Å². The molecular formula is C22H34NO2S+. The van der Waals surface area contributed by atoms with E-state index in [0.717, 1.165) is 49.3 Å². The molecule has 0 saturated heterocycles. The molecule has 0 radical (unpaired) electrons. The van der Waals surface area contributed by atoms with E-state index in [4.69, 9.17) is 0 Å². The average molecular weight is 377 g/mol. The normalized spacial score (nSPS) is 12.6. The molecule has 0 heterocycles. The lowest BCUT2D eigenvalue weighted by molar-refractivity contribution is -0.807. The Kier molecular flexibility index (Phi) is 7.66. The highest BCUT2D eigenvalue weighted by atomic mass is 32.2. The van der Waals surface area contributed by atoms with Gasteiger partial charge in [-0.3, -0.25) is 0 Å². The summed E-state index contributed by atoms with van der Waals surface area (Å²) in [6, 6.07) is 13.6. The fraction of sp³-hybridized carbons (Fsp3) is 0.545. The molecule has 0 saturated carbocycles. The Morgan fingerprint density at radius 3 is 1.73 bits per heavy atom. The molecule has 0 atom stereocenters. The first-order valence-corrected chi connectivity index (χ1v) is 11.5. The second-order valence-corrected chi connectivity index (χ2v) is 9.47. The number of nitrogens with zero attached hydrogens (tertiary/aromatic N) is 1. The van der Waals surface area contributed by atoms with Crippen molar-refractivity contribution >= 4 is 20.8 Å². The average Bonchev–Trinajstić information content (AvgIpc) is 2.67. The van der Waals surface area contributed by atoms with E-state index >= 15 is 0 Å². The van der Waals surface area contributed by atoms with Crippen LogP contribution in [0.4, 0.5) is 0 Å². The van der Waals surface area contributed by atoms with Crippen LogP contribution in [0, 0.1) is 0 Å². The standard InChI is InChI=1S/C22H34NO2S/c1-4-7-16-23(17-8-5-2,18-9-6-3)26(24,25)22-15-14-20-12-10-11-13-21(20)19-22/h10-15,19H,4-9,16-18H2,1-3H3/q+1. The maximum Gasteiger partial charge on any atom is 0.327 e. The first-order valence-electron chi connectivity index (χ1n) is 10.1. The predicted octanol–water partition coefficient (Wildman–Crippen LogP) is 5.75. The smallest absolute Gasteiger partial charge is 0.214 e. The summed E-state index contributed by atoms with van der Waals surface area (Å²) in [6.45, 7) is 8.55.